The van der Waals surface area contributed by atoms with Gasteiger partial charge in [-0.25, -0.2) is 13.2 Å². The average Bonchev–Trinajstić information content (AvgIpc) is 2.84. The fourth-order valence-electron chi connectivity index (χ4n) is 3.76. The minimum atomic E-state index is -3.94. The first-order valence-electron chi connectivity index (χ1n) is 11.1. The van der Waals surface area contributed by atoms with Crippen molar-refractivity contribution in [2.24, 2.45) is 0 Å². The number of sulfonamides is 1. The molecule has 1 amide bonds. The van der Waals surface area contributed by atoms with E-state index in [1.807, 2.05) is 6.92 Å². The molecule has 0 spiro atoms. The molecule has 1 aliphatic rings. The molecule has 182 valence electrons. The minimum Gasteiger partial charge on any atom is -0.476 e. The summed E-state index contributed by atoms with van der Waals surface area (Å²) in [5.41, 5.74) is 2.82. The number of hydrogen-bond acceptors (Lipinski definition) is 6. The molecular formula is C26H26N2O6S. The zero-order valence-corrected chi connectivity index (χ0v) is 20.5. The smallest absolute Gasteiger partial charge is 0.338 e. The van der Waals surface area contributed by atoms with Crippen LogP contribution >= 0.6 is 0 Å². The normalized spacial score (nSPS) is 15.1. The molecule has 1 aliphatic heterocycles. The minimum absolute atomic E-state index is 0.129. The second-order valence-electron chi connectivity index (χ2n) is 8.16. The number of aryl methyl sites for hydroxylation is 2. The summed E-state index contributed by atoms with van der Waals surface area (Å²) in [5, 5.41) is 2.79. The van der Waals surface area contributed by atoms with Gasteiger partial charge in [0.15, 0.2) is 6.10 Å². The number of anilines is 2. The van der Waals surface area contributed by atoms with Crippen LogP contribution in [0.5, 0.6) is 5.75 Å². The highest BCUT2D eigenvalue weighted by Crippen LogP contribution is 2.37. The average molecular weight is 495 g/mol. The highest BCUT2D eigenvalue weighted by atomic mass is 32.2. The van der Waals surface area contributed by atoms with Gasteiger partial charge in [0.05, 0.1) is 29.3 Å². The maximum absolute atomic E-state index is 13.5. The van der Waals surface area contributed by atoms with E-state index in [4.69, 9.17) is 9.47 Å². The summed E-state index contributed by atoms with van der Waals surface area (Å²) in [7, 11) is -3.94. The number of rotatable bonds is 6. The molecule has 0 bridgehead atoms. The lowest BCUT2D eigenvalue weighted by atomic mass is 10.1. The standard InChI is InChI=1S/C26H26N2O6S/c1-4-33-26(30)19-11-14-21(18(3)15-19)27-25(29)24-16-28(22-7-5-6-8-23(22)34-24)35(31,32)20-12-9-17(2)10-13-20/h5-15,24H,4,16H2,1-3H3,(H,27,29)/t24-/m1/s1. The van der Waals surface area contributed by atoms with Crippen molar-refractivity contribution in [1.29, 1.82) is 0 Å². The lowest BCUT2D eigenvalue weighted by Crippen LogP contribution is -2.48. The van der Waals surface area contributed by atoms with Gasteiger partial charge in [0.1, 0.15) is 5.75 Å². The Morgan fingerprint density at radius 3 is 2.46 bits per heavy atom. The van der Waals surface area contributed by atoms with E-state index >= 15 is 0 Å². The third-order valence-corrected chi connectivity index (χ3v) is 7.43. The van der Waals surface area contributed by atoms with E-state index < -0.39 is 28.0 Å². The van der Waals surface area contributed by atoms with E-state index in [0.717, 1.165) is 5.56 Å². The lowest BCUT2D eigenvalue weighted by Gasteiger charge is -2.34. The molecule has 0 fully saturated rings. The zero-order valence-electron chi connectivity index (χ0n) is 19.6. The first-order valence-corrected chi connectivity index (χ1v) is 12.6. The van der Waals surface area contributed by atoms with Crippen molar-refractivity contribution in [3.63, 3.8) is 0 Å². The fourth-order valence-corrected chi connectivity index (χ4v) is 5.24. The van der Waals surface area contributed by atoms with Gasteiger partial charge in [-0.3, -0.25) is 9.10 Å². The van der Waals surface area contributed by atoms with Gasteiger partial charge in [-0.1, -0.05) is 29.8 Å². The topological polar surface area (TPSA) is 102 Å². The van der Waals surface area contributed by atoms with Crippen LogP contribution in [0.25, 0.3) is 0 Å². The molecule has 0 radical (unpaired) electrons. The molecule has 0 saturated carbocycles. The Morgan fingerprint density at radius 1 is 1.06 bits per heavy atom. The number of nitrogens with one attached hydrogen (secondary N) is 1. The van der Waals surface area contributed by atoms with E-state index in [1.165, 1.54) is 4.31 Å². The van der Waals surface area contributed by atoms with Gasteiger partial charge < -0.3 is 14.8 Å². The van der Waals surface area contributed by atoms with Crippen molar-refractivity contribution in [2.45, 2.75) is 31.8 Å². The second kappa shape index (κ2) is 9.79. The predicted octanol–water partition coefficient (Wildman–Crippen LogP) is 4.08. The molecule has 3 aromatic rings. The molecule has 0 unspecified atom stereocenters. The molecule has 35 heavy (non-hydrogen) atoms. The van der Waals surface area contributed by atoms with Gasteiger partial charge in [0.2, 0.25) is 0 Å². The third kappa shape index (κ3) is 5.00. The molecule has 0 saturated heterocycles. The quantitative estimate of drug-likeness (QED) is 0.518. The van der Waals surface area contributed by atoms with E-state index in [2.05, 4.69) is 5.32 Å². The Bertz CT molecular complexity index is 1370. The van der Waals surface area contributed by atoms with Gasteiger partial charge >= 0.3 is 5.97 Å². The summed E-state index contributed by atoms with van der Waals surface area (Å²) in [5.74, 6) is -0.655. The molecular weight excluding hydrogens is 468 g/mol. The molecule has 4 rings (SSSR count). The number of para-hydroxylation sites is 2. The van der Waals surface area contributed by atoms with Crippen molar-refractivity contribution in [3.8, 4) is 5.75 Å². The predicted molar refractivity (Wildman–Crippen MR) is 132 cm³/mol. The maximum atomic E-state index is 13.5. The zero-order chi connectivity index (χ0) is 25.2. The Kier molecular flexibility index (Phi) is 6.79. The van der Waals surface area contributed by atoms with Gasteiger partial charge in [0.25, 0.3) is 15.9 Å². The number of benzene rings is 3. The van der Waals surface area contributed by atoms with Crippen LogP contribution in [0.2, 0.25) is 0 Å². The molecule has 3 aromatic carbocycles. The van der Waals surface area contributed by atoms with E-state index in [-0.39, 0.29) is 18.0 Å². The van der Waals surface area contributed by atoms with Gasteiger partial charge in [0, 0.05) is 5.69 Å². The summed E-state index contributed by atoms with van der Waals surface area (Å²) >= 11 is 0. The summed E-state index contributed by atoms with van der Waals surface area (Å²) in [6, 6.07) is 18.1. The highest BCUT2D eigenvalue weighted by Gasteiger charge is 2.37. The largest absolute Gasteiger partial charge is 0.476 e. The fraction of sp³-hybridized carbons (Fsp3) is 0.231. The van der Waals surface area contributed by atoms with Crippen molar-refractivity contribution in [2.75, 3.05) is 22.8 Å². The summed E-state index contributed by atoms with van der Waals surface area (Å²) in [6.45, 7) is 5.42. The van der Waals surface area contributed by atoms with Crippen LogP contribution < -0.4 is 14.4 Å². The van der Waals surface area contributed by atoms with E-state index in [9.17, 15) is 18.0 Å². The van der Waals surface area contributed by atoms with Crippen LogP contribution in [0.4, 0.5) is 11.4 Å². The Morgan fingerprint density at radius 2 is 1.77 bits per heavy atom. The van der Waals surface area contributed by atoms with Crippen LogP contribution in [0, 0.1) is 13.8 Å². The third-order valence-electron chi connectivity index (χ3n) is 5.63. The van der Waals surface area contributed by atoms with Gasteiger partial charge in [-0.05, 0) is 68.8 Å². The van der Waals surface area contributed by atoms with E-state index in [1.54, 1.807) is 80.6 Å². The monoisotopic (exact) mass is 494 g/mol. The van der Waals surface area contributed by atoms with Gasteiger partial charge in [-0.15, -0.1) is 0 Å². The first kappa shape index (κ1) is 24.3. The number of carbonyl (C=O) groups is 2. The SMILES string of the molecule is CCOC(=O)c1ccc(NC(=O)[C@H]2CN(S(=O)(=O)c3ccc(C)cc3)c3ccccc3O2)c(C)c1. The van der Waals surface area contributed by atoms with Crippen LogP contribution in [0.1, 0.15) is 28.4 Å². The van der Waals surface area contributed by atoms with Crippen LogP contribution in [0.3, 0.4) is 0 Å². The lowest BCUT2D eigenvalue weighted by molar-refractivity contribution is -0.122. The Hall–Kier alpha value is -3.85. The highest BCUT2D eigenvalue weighted by molar-refractivity contribution is 7.92. The summed E-state index contributed by atoms with van der Waals surface area (Å²) < 4.78 is 39.1. The summed E-state index contributed by atoms with van der Waals surface area (Å²) in [4.78, 5) is 25.3. The number of esters is 1. The van der Waals surface area contributed by atoms with Crippen molar-refractivity contribution >= 4 is 33.3 Å². The number of hydrogen-bond donors (Lipinski definition) is 1. The summed E-state index contributed by atoms with van der Waals surface area (Å²) in [6.07, 6.45) is -1.09. The molecule has 0 aliphatic carbocycles. The molecule has 1 N–H and O–H groups in total. The molecule has 1 atom stereocenters. The van der Waals surface area contributed by atoms with E-state index in [0.29, 0.717) is 28.3 Å². The number of nitrogens with zero attached hydrogens (tertiary/aromatic N) is 1. The van der Waals surface area contributed by atoms with Gasteiger partial charge in [-0.2, -0.15) is 0 Å². The second-order valence-corrected chi connectivity index (χ2v) is 10.0. The van der Waals surface area contributed by atoms with Crippen LogP contribution in [-0.4, -0.2) is 39.5 Å². The number of ether oxygens (including phenoxy) is 2. The first-order chi connectivity index (χ1) is 16.7. The molecule has 0 aromatic heterocycles. The number of carbonyl (C=O) groups excluding carboxylic acids is 2. The van der Waals surface area contributed by atoms with Crippen LogP contribution in [0.15, 0.2) is 71.6 Å². The van der Waals surface area contributed by atoms with Crippen molar-refractivity contribution in [3.05, 3.63) is 83.4 Å². The molecule has 1 heterocycles. The Balaban J connectivity index is 1.60. The number of fused-ring (bicyclic) bond motifs is 1. The van der Waals surface area contributed by atoms with Crippen molar-refractivity contribution in [1.82, 2.24) is 0 Å². The Labute approximate surface area is 204 Å². The van der Waals surface area contributed by atoms with Crippen molar-refractivity contribution < 1.29 is 27.5 Å². The van der Waals surface area contributed by atoms with Crippen LogP contribution in [-0.2, 0) is 19.6 Å². The maximum Gasteiger partial charge on any atom is 0.338 e. The molecule has 8 nitrogen and oxygen atoms in total. The molecule has 9 heteroatoms. The number of amides is 1.